The quantitative estimate of drug-likeness (QED) is 0.273. The maximum atomic E-state index is 9.14. The Kier molecular flexibility index (Phi) is 6.33. The monoisotopic (exact) mass is 416 g/mol. The highest BCUT2D eigenvalue weighted by atomic mass is 16.5. The third-order valence-corrected chi connectivity index (χ3v) is 5.15. The predicted octanol–water partition coefficient (Wildman–Crippen LogP) is 4.51. The molecular formula is C23H24N6O2. The van der Waals surface area contributed by atoms with Crippen LogP contribution < -0.4 is 20.3 Å². The summed E-state index contributed by atoms with van der Waals surface area (Å²) in [6, 6.07) is 13.6. The van der Waals surface area contributed by atoms with Crippen molar-refractivity contribution in [1.82, 2.24) is 10.3 Å². The fourth-order valence-electron chi connectivity index (χ4n) is 3.62. The van der Waals surface area contributed by atoms with Crippen LogP contribution in [0.15, 0.2) is 64.5 Å². The molecule has 0 saturated carbocycles. The second kappa shape index (κ2) is 9.67. The molecule has 0 unspecified atom stereocenters. The normalized spacial score (nSPS) is 14.1. The average molecular weight is 416 g/mol. The molecule has 4 rings (SSSR count). The molecular weight excluding hydrogens is 392 g/mol. The molecule has 1 saturated heterocycles. The third-order valence-electron chi connectivity index (χ3n) is 5.15. The molecule has 1 aromatic heterocycles. The molecule has 0 bridgehead atoms. The van der Waals surface area contributed by atoms with Gasteiger partial charge in [0.05, 0.1) is 24.6 Å². The molecule has 31 heavy (non-hydrogen) atoms. The van der Waals surface area contributed by atoms with E-state index in [2.05, 4.69) is 37.6 Å². The van der Waals surface area contributed by atoms with Gasteiger partial charge in [0.25, 0.3) is 0 Å². The van der Waals surface area contributed by atoms with Gasteiger partial charge in [-0.3, -0.25) is 5.32 Å². The van der Waals surface area contributed by atoms with Crippen molar-refractivity contribution < 1.29 is 9.15 Å². The number of hydrogen-bond donors (Lipinski definition) is 2. The van der Waals surface area contributed by atoms with Crippen LogP contribution in [-0.4, -0.2) is 31.1 Å². The fraction of sp³-hybridized carbons (Fsp3) is 0.261. The van der Waals surface area contributed by atoms with E-state index in [0.717, 1.165) is 24.3 Å². The first-order chi connectivity index (χ1) is 15.3. The lowest BCUT2D eigenvalue weighted by atomic mass is 10.1. The van der Waals surface area contributed by atoms with Crippen molar-refractivity contribution in [2.24, 2.45) is 4.99 Å². The summed E-state index contributed by atoms with van der Waals surface area (Å²) in [6.07, 6.45) is 8.70. The topological polar surface area (TPSA) is 98.7 Å². The number of ether oxygens (including phenoxy) is 1. The Morgan fingerprint density at radius 1 is 1.16 bits per heavy atom. The summed E-state index contributed by atoms with van der Waals surface area (Å²) in [5, 5.41) is 14.9. The zero-order chi connectivity index (χ0) is 21.5. The van der Waals surface area contributed by atoms with Gasteiger partial charge >= 0.3 is 0 Å². The summed E-state index contributed by atoms with van der Waals surface area (Å²) in [5.41, 5.74) is 3.45. The molecule has 3 aromatic rings. The van der Waals surface area contributed by atoms with Crippen LogP contribution in [0.4, 0.5) is 17.1 Å². The molecule has 8 nitrogen and oxygen atoms in total. The minimum atomic E-state index is 0.322. The van der Waals surface area contributed by atoms with Crippen molar-refractivity contribution in [3.8, 4) is 23.3 Å². The van der Waals surface area contributed by atoms with E-state index < -0.39 is 0 Å². The van der Waals surface area contributed by atoms with E-state index in [4.69, 9.17) is 14.4 Å². The lowest BCUT2D eigenvalue weighted by molar-refractivity contribution is 0.415. The number of hydrogen-bond acceptors (Lipinski definition) is 6. The molecule has 0 atom stereocenters. The molecule has 158 valence electrons. The lowest BCUT2D eigenvalue weighted by Crippen LogP contribution is -2.29. The number of guanidine groups is 1. The maximum absolute atomic E-state index is 9.14. The largest absolute Gasteiger partial charge is 0.496 e. The van der Waals surface area contributed by atoms with Crippen molar-refractivity contribution in [2.45, 2.75) is 19.3 Å². The van der Waals surface area contributed by atoms with Gasteiger partial charge in [0.2, 0.25) is 5.96 Å². The number of nitrogens with zero attached hydrogens (tertiary/aromatic N) is 4. The smallest absolute Gasteiger partial charge is 0.214 e. The molecule has 0 aliphatic carbocycles. The van der Waals surface area contributed by atoms with Crippen molar-refractivity contribution in [3.63, 3.8) is 0 Å². The molecule has 0 amide bonds. The van der Waals surface area contributed by atoms with E-state index in [1.807, 2.05) is 36.5 Å². The maximum Gasteiger partial charge on any atom is 0.214 e. The Hall–Kier alpha value is -3.99. The number of methoxy groups -OCH3 is 1. The van der Waals surface area contributed by atoms with E-state index in [1.54, 1.807) is 13.3 Å². The Labute approximate surface area is 181 Å². The van der Waals surface area contributed by atoms with Crippen LogP contribution in [0.2, 0.25) is 0 Å². The zero-order valence-electron chi connectivity index (χ0n) is 17.3. The number of nitriles is 1. The van der Waals surface area contributed by atoms with Crippen LogP contribution in [-0.2, 0) is 0 Å². The van der Waals surface area contributed by atoms with Crippen LogP contribution in [0.3, 0.4) is 0 Å². The highest BCUT2D eigenvalue weighted by Crippen LogP contribution is 2.32. The summed E-state index contributed by atoms with van der Waals surface area (Å²) in [6.45, 7) is 2.19. The SMILES string of the molecule is COc1cc(NC(=Nc2ccc(N3CCCCC3)cc2)NC#N)ccc1-c1cnco1. The Morgan fingerprint density at radius 2 is 1.97 bits per heavy atom. The summed E-state index contributed by atoms with van der Waals surface area (Å²) < 4.78 is 10.8. The van der Waals surface area contributed by atoms with Gasteiger partial charge in [-0.15, -0.1) is 0 Å². The first kappa shape index (κ1) is 20.3. The standard InChI is InChI=1S/C23H24N6O2/c1-30-21-13-18(7-10-20(21)22-14-25-16-31-22)28-23(26-15-24)27-17-5-8-19(9-6-17)29-11-3-2-4-12-29/h5-10,13-14,16H,2-4,11-12H2,1H3,(H2,26,27,28). The number of aromatic nitrogens is 1. The van der Waals surface area contributed by atoms with Gasteiger partial charge in [0.15, 0.2) is 18.3 Å². The van der Waals surface area contributed by atoms with Crippen LogP contribution in [0.25, 0.3) is 11.3 Å². The Morgan fingerprint density at radius 3 is 2.65 bits per heavy atom. The second-order valence-electron chi connectivity index (χ2n) is 7.17. The summed E-state index contributed by atoms with van der Waals surface area (Å²) in [5.74, 6) is 1.55. The van der Waals surface area contributed by atoms with Crippen molar-refractivity contribution >= 4 is 23.0 Å². The number of piperidine rings is 1. The number of benzene rings is 2. The van der Waals surface area contributed by atoms with Crippen molar-refractivity contribution in [2.75, 3.05) is 30.4 Å². The second-order valence-corrected chi connectivity index (χ2v) is 7.17. The summed E-state index contributed by atoms with van der Waals surface area (Å²) in [4.78, 5) is 10.9. The van der Waals surface area contributed by atoms with Gasteiger partial charge in [-0.1, -0.05) is 0 Å². The molecule has 8 heteroatoms. The first-order valence-corrected chi connectivity index (χ1v) is 10.2. The van der Waals surface area contributed by atoms with E-state index in [-0.39, 0.29) is 0 Å². The van der Waals surface area contributed by atoms with Gasteiger partial charge in [-0.2, -0.15) is 5.26 Å². The van der Waals surface area contributed by atoms with E-state index >= 15 is 0 Å². The van der Waals surface area contributed by atoms with Crippen LogP contribution in [0.5, 0.6) is 5.75 Å². The molecule has 1 aliphatic heterocycles. The fourth-order valence-corrected chi connectivity index (χ4v) is 3.62. The number of rotatable bonds is 5. The molecule has 0 radical (unpaired) electrons. The highest BCUT2D eigenvalue weighted by molar-refractivity contribution is 5.96. The Balaban J connectivity index is 1.52. The van der Waals surface area contributed by atoms with Gasteiger partial charge in [-0.25, -0.2) is 9.98 Å². The van der Waals surface area contributed by atoms with Gasteiger partial charge < -0.3 is 19.4 Å². The van der Waals surface area contributed by atoms with Crippen LogP contribution in [0, 0.1) is 11.5 Å². The molecule has 2 N–H and O–H groups in total. The number of oxazole rings is 1. The van der Waals surface area contributed by atoms with Crippen molar-refractivity contribution in [1.29, 1.82) is 5.26 Å². The van der Waals surface area contributed by atoms with E-state index in [0.29, 0.717) is 23.2 Å². The molecule has 1 aliphatic rings. The summed E-state index contributed by atoms with van der Waals surface area (Å²) in [7, 11) is 1.59. The number of nitrogens with one attached hydrogen (secondary N) is 2. The van der Waals surface area contributed by atoms with Gasteiger partial charge in [-0.05, 0) is 55.7 Å². The van der Waals surface area contributed by atoms with E-state index in [1.165, 1.54) is 31.3 Å². The Bertz CT molecular complexity index is 1060. The van der Waals surface area contributed by atoms with Gasteiger partial charge in [0, 0.05) is 30.5 Å². The number of aliphatic imine (C=N–C) groups is 1. The van der Waals surface area contributed by atoms with Crippen LogP contribution in [0.1, 0.15) is 19.3 Å². The van der Waals surface area contributed by atoms with E-state index in [9.17, 15) is 0 Å². The number of anilines is 2. The molecule has 0 spiro atoms. The minimum absolute atomic E-state index is 0.322. The molecule has 1 fully saturated rings. The lowest BCUT2D eigenvalue weighted by Gasteiger charge is -2.28. The third kappa shape index (κ3) is 4.95. The summed E-state index contributed by atoms with van der Waals surface area (Å²) >= 11 is 0. The van der Waals surface area contributed by atoms with Gasteiger partial charge in [0.1, 0.15) is 5.75 Å². The molecule has 2 heterocycles. The minimum Gasteiger partial charge on any atom is -0.496 e. The zero-order valence-corrected chi connectivity index (χ0v) is 17.3. The predicted molar refractivity (Wildman–Crippen MR) is 120 cm³/mol. The highest BCUT2D eigenvalue weighted by Gasteiger charge is 2.12. The van der Waals surface area contributed by atoms with Crippen molar-refractivity contribution in [3.05, 3.63) is 55.1 Å². The average Bonchev–Trinajstić information content (AvgIpc) is 3.35. The first-order valence-electron chi connectivity index (χ1n) is 10.2. The van der Waals surface area contributed by atoms with Crippen LogP contribution >= 0.6 is 0 Å². The molecule has 2 aromatic carbocycles.